The molecule has 4 rings (SSSR count). The number of anilines is 1. The summed E-state index contributed by atoms with van der Waals surface area (Å²) in [5, 5.41) is 11.5. The molecular weight excluding hydrogens is 482 g/mol. The fourth-order valence-corrected chi connectivity index (χ4v) is 5.06. The quantitative estimate of drug-likeness (QED) is 0.288. The molecule has 2 fully saturated rings. The number of aliphatic hydroxyl groups excluding tert-OH is 1. The van der Waals surface area contributed by atoms with Gasteiger partial charge in [-0.25, -0.2) is 0 Å². The second-order valence-electron chi connectivity index (χ2n) is 10.1. The van der Waals surface area contributed by atoms with Crippen LogP contribution in [0.4, 0.5) is 5.69 Å². The molecule has 8 heteroatoms. The topological polar surface area (TPSA) is 82.5 Å². The smallest absolute Gasteiger partial charge is 0.295 e. The summed E-state index contributed by atoms with van der Waals surface area (Å²) >= 11 is 0. The molecule has 0 aromatic heterocycles. The van der Waals surface area contributed by atoms with E-state index < -0.39 is 17.7 Å². The highest BCUT2D eigenvalue weighted by atomic mass is 16.5. The maximum atomic E-state index is 13.4. The predicted octanol–water partition coefficient (Wildman–Crippen LogP) is 3.99. The number of aliphatic hydroxyl groups is 1. The third-order valence-corrected chi connectivity index (χ3v) is 7.17. The molecule has 2 saturated heterocycles. The summed E-state index contributed by atoms with van der Waals surface area (Å²) in [6.07, 6.45) is 1.62. The highest BCUT2D eigenvalue weighted by molar-refractivity contribution is 6.46. The molecule has 2 heterocycles. The van der Waals surface area contributed by atoms with Gasteiger partial charge in [-0.05, 0) is 61.2 Å². The Kier molecular flexibility index (Phi) is 9.07. The number of likely N-dealkylation sites (tertiary alicyclic amines) is 1. The van der Waals surface area contributed by atoms with E-state index in [0.717, 1.165) is 49.3 Å². The molecule has 1 amide bonds. The molecule has 0 saturated carbocycles. The molecular formula is C30H39N3O5. The van der Waals surface area contributed by atoms with Crippen LogP contribution in [-0.2, 0) is 14.3 Å². The largest absolute Gasteiger partial charge is 0.507 e. The van der Waals surface area contributed by atoms with E-state index in [1.54, 1.807) is 17.0 Å². The van der Waals surface area contributed by atoms with Gasteiger partial charge in [0.1, 0.15) is 11.5 Å². The van der Waals surface area contributed by atoms with Gasteiger partial charge in [0, 0.05) is 51.5 Å². The van der Waals surface area contributed by atoms with Crippen molar-refractivity contribution in [3.05, 3.63) is 64.7 Å². The number of Topliss-reactive ketones (excluding diaryl/α,β-unsaturated/α-hetero) is 1. The Labute approximate surface area is 225 Å². The van der Waals surface area contributed by atoms with Crippen molar-refractivity contribution in [2.75, 3.05) is 65.0 Å². The zero-order chi connectivity index (χ0) is 27.2. The number of ketones is 1. The lowest BCUT2D eigenvalue weighted by molar-refractivity contribution is -0.140. The van der Waals surface area contributed by atoms with E-state index in [9.17, 15) is 14.7 Å². The number of morpholine rings is 1. The van der Waals surface area contributed by atoms with Gasteiger partial charge in [0.25, 0.3) is 11.7 Å². The number of hydrogen-bond acceptors (Lipinski definition) is 7. The number of benzene rings is 2. The zero-order valence-electron chi connectivity index (χ0n) is 22.9. The summed E-state index contributed by atoms with van der Waals surface area (Å²) in [6.45, 7) is 8.90. The van der Waals surface area contributed by atoms with Crippen molar-refractivity contribution in [2.45, 2.75) is 32.7 Å². The number of rotatable bonds is 10. The van der Waals surface area contributed by atoms with Crippen molar-refractivity contribution < 1.29 is 24.2 Å². The number of ether oxygens (including phenoxy) is 2. The van der Waals surface area contributed by atoms with Crippen molar-refractivity contribution in [2.24, 2.45) is 0 Å². The molecule has 38 heavy (non-hydrogen) atoms. The monoisotopic (exact) mass is 521 g/mol. The molecule has 204 valence electrons. The Morgan fingerprint density at radius 2 is 1.79 bits per heavy atom. The number of carbonyl (C=O) groups excluding carboxylic acids is 2. The summed E-state index contributed by atoms with van der Waals surface area (Å²) in [6, 6.07) is 12.5. The van der Waals surface area contributed by atoms with Gasteiger partial charge in [0.15, 0.2) is 0 Å². The lowest BCUT2D eigenvalue weighted by Gasteiger charge is -2.29. The lowest BCUT2D eigenvalue weighted by Crippen LogP contribution is -2.38. The third kappa shape index (κ3) is 6.03. The molecule has 8 nitrogen and oxygen atoms in total. The number of amides is 1. The fourth-order valence-electron chi connectivity index (χ4n) is 5.06. The van der Waals surface area contributed by atoms with E-state index in [1.165, 1.54) is 0 Å². The van der Waals surface area contributed by atoms with Crippen LogP contribution in [0.15, 0.2) is 48.0 Å². The summed E-state index contributed by atoms with van der Waals surface area (Å²) in [7, 11) is 3.92. The lowest BCUT2D eigenvalue weighted by atomic mass is 9.93. The molecule has 1 N–H and O–H groups in total. The van der Waals surface area contributed by atoms with Gasteiger partial charge in [-0.3, -0.25) is 14.5 Å². The van der Waals surface area contributed by atoms with Gasteiger partial charge in [-0.2, -0.15) is 0 Å². The van der Waals surface area contributed by atoms with Crippen LogP contribution in [0.1, 0.15) is 42.5 Å². The maximum absolute atomic E-state index is 13.4. The van der Waals surface area contributed by atoms with Crippen molar-refractivity contribution >= 4 is 23.1 Å². The highest BCUT2D eigenvalue weighted by Crippen LogP contribution is 2.40. The van der Waals surface area contributed by atoms with E-state index >= 15 is 0 Å². The molecule has 2 aliphatic heterocycles. The number of hydrogen-bond donors (Lipinski definition) is 1. The molecule has 0 spiro atoms. The maximum Gasteiger partial charge on any atom is 0.295 e. The number of carbonyl (C=O) groups is 2. The first-order valence-electron chi connectivity index (χ1n) is 13.4. The minimum atomic E-state index is -0.661. The molecule has 0 aliphatic carbocycles. The fraction of sp³-hybridized carbons (Fsp3) is 0.467. The van der Waals surface area contributed by atoms with Crippen LogP contribution in [-0.4, -0.2) is 86.7 Å². The number of nitrogens with zero attached hydrogens (tertiary/aromatic N) is 3. The highest BCUT2D eigenvalue weighted by Gasteiger charge is 2.46. The van der Waals surface area contributed by atoms with Gasteiger partial charge >= 0.3 is 0 Å². The van der Waals surface area contributed by atoms with Gasteiger partial charge in [-0.1, -0.05) is 19.1 Å². The Hall–Kier alpha value is -3.36. The zero-order valence-corrected chi connectivity index (χ0v) is 22.9. The normalized spacial score (nSPS) is 19.7. The van der Waals surface area contributed by atoms with Crippen LogP contribution < -0.4 is 9.64 Å². The molecule has 2 aromatic rings. The average molecular weight is 522 g/mol. The Morgan fingerprint density at radius 3 is 2.42 bits per heavy atom. The Balaban J connectivity index is 1.68. The number of aryl methyl sites for hydroxylation is 1. The first kappa shape index (κ1) is 27.7. The van der Waals surface area contributed by atoms with Crippen molar-refractivity contribution in [3.8, 4) is 5.75 Å². The Morgan fingerprint density at radius 1 is 1.08 bits per heavy atom. The predicted molar refractivity (Wildman–Crippen MR) is 149 cm³/mol. The third-order valence-electron chi connectivity index (χ3n) is 7.17. The van der Waals surface area contributed by atoms with Crippen molar-refractivity contribution in [1.82, 2.24) is 9.80 Å². The Bertz CT molecular complexity index is 1170. The van der Waals surface area contributed by atoms with E-state index in [1.807, 2.05) is 63.2 Å². The molecule has 1 unspecified atom stereocenters. The van der Waals surface area contributed by atoms with Crippen LogP contribution in [0.5, 0.6) is 5.75 Å². The second-order valence-corrected chi connectivity index (χ2v) is 10.1. The molecule has 1 atom stereocenters. The molecule has 0 radical (unpaired) electrons. The van der Waals surface area contributed by atoms with Crippen LogP contribution in [0, 0.1) is 6.92 Å². The SMILES string of the molecule is CCCOc1ccc(/C(O)=C2\C(=O)C(=O)N(CCCN3CCOCC3)C2c2ccc(N(C)C)cc2)c(C)c1. The van der Waals surface area contributed by atoms with Crippen LogP contribution in [0.2, 0.25) is 0 Å². The van der Waals surface area contributed by atoms with E-state index in [2.05, 4.69) is 4.90 Å². The van der Waals surface area contributed by atoms with Gasteiger partial charge < -0.3 is 24.4 Å². The second kappa shape index (κ2) is 12.5. The summed E-state index contributed by atoms with van der Waals surface area (Å²) in [5.41, 5.74) is 3.23. The first-order chi connectivity index (χ1) is 18.3. The van der Waals surface area contributed by atoms with Crippen molar-refractivity contribution in [1.29, 1.82) is 0 Å². The van der Waals surface area contributed by atoms with Crippen molar-refractivity contribution in [3.63, 3.8) is 0 Å². The molecule has 2 aromatic carbocycles. The summed E-state index contributed by atoms with van der Waals surface area (Å²) < 4.78 is 11.2. The van der Waals surface area contributed by atoms with Gasteiger partial charge in [0.2, 0.25) is 0 Å². The average Bonchev–Trinajstić information content (AvgIpc) is 3.17. The summed E-state index contributed by atoms with van der Waals surface area (Å²) in [5.74, 6) is -0.669. The van der Waals surface area contributed by atoms with Crippen LogP contribution in [0.25, 0.3) is 5.76 Å². The van der Waals surface area contributed by atoms with Crippen LogP contribution >= 0.6 is 0 Å². The van der Waals surface area contributed by atoms with E-state index in [4.69, 9.17) is 9.47 Å². The van der Waals surface area contributed by atoms with Gasteiger partial charge in [-0.15, -0.1) is 0 Å². The van der Waals surface area contributed by atoms with E-state index in [-0.39, 0.29) is 11.3 Å². The minimum absolute atomic E-state index is 0.129. The standard InChI is InChI=1S/C30H39N3O5/c1-5-17-38-24-11-12-25(21(2)20-24)28(34)26-27(22-7-9-23(10-8-22)31(3)4)33(30(36)29(26)35)14-6-13-32-15-18-37-19-16-32/h7-12,20,27,34H,5-6,13-19H2,1-4H3/b28-26+. The van der Waals surface area contributed by atoms with E-state index in [0.29, 0.717) is 37.7 Å². The van der Waals surface area contributed by atoms with Crippen LogP contribution in [0.3, 0.4) is 0 Å². The van der Waals surface area contributed by atoms with Gasteiger partial charge in [0.05, 0.1) is 31.4 Å². The molecule has 2 aliphatic rings. The molecule has 0 bridgehead atoms. The minimum Gasteiger partial charge on any atom is -0.507 e. The first-order valence-corrected chi connectivity index (χ1v) is 13.4. The summed E-state index contributed by atoms with van der Waals surface area (Å²) in [4.78, 5) is 32.6.